The van der Waals surface area contributed by atoms with E-state index in [1.165, 1.54) is 10.6 Å². The molecule has 6 heteroatoms. The fourth-order valence-corrected chi connectivity index (χ4v) is 2.28. The van der Waals surface area contributed by atoms with Crippen molar-refractivity contribution in [3.8, 4) is 0 Å². The molecule has 1 rings (SSSR count). The molecule has 3 nitrogen and oxygen atoms in total. The highest BCUT2D eigenvalue weighted by Gasteiger charge is 2.14. The van der Waals surface area contributed by atoms with E-state index in [0.717, 1.165) is 0 Å². The molecular formula is C5H5BrClNO2S. The van der Waals surface area contributed by atoms with Gasteiger partial charge in [-0.05, 0) is 28.1 Å². The normalized spacial score (nSPS) is 11.9. The minimum atomic E-state index is -3.61. The molecule has 1 heterocycles. The van der Waals surface area contributed by atoms with Gasteiger partial charge in [0.05, 0.1) is 4.60 Å². The first-order valence-electron chi connectivity index (χ1n) is 2.69. The third-order valence-corrected chi connectivity index (χ3v) is 3.44. The lowest BCUT2D eigenvalue weighted by molar-refractivity contribution is 0.599. The molecular weight excluding hydrogens is 253 g/mol. The summed E-state index contributed by atoms with van der Waals surface area (Å²) in [5.74, 6) is 0. The molecule has 0 fully saturated rings. The zero-order chi connectivity index (χ0) is 8.65. The van der Waals surface area contributed by atoms with Crippen LogP contribution in [-0.2, 0) is 16.1 Å². The molecule has 0 spiro atoms. The molecule has 0 aromatic carbocycles. The molecule has 1 aromatic rings. The summed E-state index contributed by atoms with van der Waals surface area (Å²) in [5.41, 5.74) is 0. The third-order valence-electron chi connectivity index (χ3n) is 1.26. The van der Waals surface area contributed by atoms with Gasteiger partial charge >= 0.3 is 0 Å². The fraction of sp³-hybridized carbons (Fsp3) is 0.200. The molecule has 0 aliphatic carbocycles. The van der Waals surface area contributed by atoms with Crippen LogP contribution in [0, 0.1) is 0 Å². The highest BCUT2D eigenvalue weighted by atomic mass is 79.9. The second-order valence-corrected chi connectivity index (χ2v) is 5.32. The first kappa shape index (κ1) is 9.09. The summed E-state index contributed by atoms with van der Waals surface area (Å²) < 4.78 is 23.7. The third kappa shape index (κ3) is 1.77. The van der Waals surface area contributed by atoms with Gasteiger partial charge in [0, 0.05) is 17.7 Å². The summed E-state index contributed by atoms with van der Waals surface area (Å²) in [6.07, 6.45) is 0. The number of hydrogen-bond acceptors (Lipinski definition) is 2. The van der Waals surface area contributed by atoms with Gasteiger partial charge in [-0.3, -0.25) is 0 Å². The standard InChI is InChI=1S/C5H5BrClNO2S/c1-8-4(6)2-3-5(8)11(7,9)10/h2-3H,1H3. The summed E-state index contributed by atoms with van der Waals surface area (Å²) in [6.45, 7) is 0. The van der Waals surface area contributed by atoms with Crippen LogP contribution < -0.4 is 0 Å². The lowest BCUT2D eigenvalue weighted by Gasteiger charge is -1.98. The van der Waals surface area contributed by atoms with Crippen molar-refractivity contribution in [3.05, 3.63) is 16.7 Å². The van der Waals surface area contributed by atoms with Gasteiger partial charge in [0.15, 0.2) is 5.03 Å². The van der Waals surface area contributed by atoms with Gasteiger partial charge in [-0.2, -0.15) is 0 Å². The largest absolute Gasteiger partial charge is 0.329 e. The van der Waals surface area contributed by atoms with Gasteiger partial charge in [-0.15, -0.1) is 0 Å². The lowest BCUT2D eigenvalue weighted by atomic mass is 10.7. The number of nitrogens with zero attached hydrogens (tertiary/aromatic N) is 1. The lowest BCUT2D eigenvalue weighted by Crippen LogP contribution is -1.99. The highest BCUT2D eigenvalue weighted by Crippen LogP contribution is 2.20. The summed E-state index contributed by atoms with van der Waals surface area (Å²) in [4.78, 5) is 0. The second-order valence-electron chi connectivity index (χ2n) is 1.99. The molecule has 0 atom stereocenters. The smallest absolute Gasteiger partial charge is 0.276 e. The molecule has 0 bridgehead atoms. The molecule has 0 radical (unpaired) electrons. The Morgan fingerprint density at radius 3 is 2.27 bits per heavy atom. The first-order chi connectivity index (χ1) is 4.93. The maximum Gasteiger partial charge on any atom is 0.276 e. The van der Waals surface area contributed by atoms with Gasteiger partial charge in [-0.1, -0.05) is 0 Å². The van der Waals surface area contributed by atoms with Crippen LogP contribution in [0.15, 0.2) is 21.8 Å². The van der Waals surface area contributed by atoms with Crippen molar-refractivity contribution < 1.29 is 8.42 Å². The Morgan fingerprint density at radius 1 is 1.55 bits per heavy atom. The molecule has 0 unspecified atom stereocenters. The van der Waals surface area contributed by atoms with Gasteiger partial charge in [0.1, 0.15) is 0 Å². The van der Waals surface area contributed by atoms with E-state index in [1.54, 1.807) is 13.1 Å². The maximum atomic E-state index is 10.8. The van der Waals surface area contributed by atoms with Gasteiger partial charge in [0.25, 0.3) is 9.05 Å². The van der Waals surface area contributed by atoms with Crippen molar-refractivity contribution in [2.45, 2.75) is 5.03 Å². The number of rotatable bonds is 1. The number of aromatic nitrogens is 1. The second kappa shape index (κ2) is 2.80. The minimum Gasteiger partial charge on any atom is -0.329 e. The molecule has 0 amide bonds. The van der Waals surface area contributed by atoms with Gasteiger partial charge in [-0.25, -0.2) is 8.42 Å². The Hall–Kier alpha value is -0.000000000000000111. The SMILES string of the molecule is Cn1c(Br)ccc1S(=O)(=O)Cl. The summed E-state index contributed by atoms with van der Waals surface area (Å²) >= 11 is 3.15. The molecule has 0 saturated heterocycles. The molecule has 0 saturated carbocycles. The predicted octanol–water partition coefficient (Wildman–Crippen LogP) is 1.72. The molecule has 0 N–H and O–H groups in total. The molecule has 0 aliphatic rings. The van der Waals surface area contributed by atoms with Gasteiger partial charge in [0.2, 0.25) is 0 Å². The van der Waals surface area contributed by atoms with E-state index in [1.807, 2.05) is 0 Å². The highest BCUT2D eigenvalue weighted by molar-refractivity contribution is 9.10. The minimum absolute atomic E-state index is 0.0889. The number of hydrogen-bond donors (Lipinski definition) is 0. The van der Waals surface area contributed by atoms with Crippen molar-refractivity contribution in [2.75, 3.05) is 0 Å². The van der Waals surface area contributed by atoms with Gasteiger partial charge < -0.3 is 4.57 Å². The van der Waals surface area contributed by atoms with Crippen LogP contribution in [-0.4, -0.2) is 13.0 Å². The van der Waals surface area contributed by atoms with Crippen LogP contribution >= 0.6 is 26.6 Å². The Labute approximate surface area is 77.5 Å². The van der Waals surface area contributed by atoms with E-state index in [0.29, 0.717) is 4.60 Å². The first-order valence-corrected chi connectivity index (χ1v) is 5.79. The van der Waals surface area contributed by atoms with E-state index < -0.39 is 9.05 Å². The quantitative estimate of drug-likeness (QED) is 0.720. The van der Waals surface area contributed by atoms with Crippen molar-refractivity contribution in [3.63, 3.8) is 0 Å². The Kier molecular flexibility index (Phi) is 2.32. The van der Waals surface area contributed by atoms with E-state index in [4.69, 9.17) is 10.7 Å². The monoisotopic (exact) mass is 257 g/mol. The summed E-state index contributed by atoms with van der Waals surface area (Å²) in [6, 6.07) is 3.06. The molecule has 11 heavy (non-hydrogen) atoms. The summed E-state index contributed by atoms with van der Waals surface area (Å²) in [5, 5.41) is 0.0889. The van der Waals surface area contributed by atoms with E-state index in [-0.39, 0.29) is 5.03 Å². The van der Waals surface area contributed by atoms with Crippen molar-refractivity contribution in [1.29, 1.82) is 0 Å². The van der Waals surface area contributed by atoms with Crippen LogP contribution in [0.3, 0.4) is 0 Å². The van der Waals surface area contributed by atoms with Crippen molar-refractivity contribution in [2.24, 2.45) is 7.05 Å². The fourth-order valence-electron chi connectivity index (χ4n) is 0.714. The maximum absolute atomic E-state index is 10.8. The zero-order valence-electron chi connectivity index (χ0n) is 5.58. The molecule has 1 aromatic heterocycles. The predicted molar refractivity (Wildman–Crippen MR) is 46.2 cm³/mol. The van der Waals surface area contributed by atoms with E-state index >= 15 is 0 Å². The van der Waals surface area contributed by atoms with Crippen molar-refractivity contribution >= 4 is 35.7 Å². The van der Waals surface area contributed by atoms with Crippen LogP contribution in [0.2, 0.25) is 0 Å². The van der Waals surface area contributed by atoms with Crippen LogP contribution in [0.1, 0.15) is 0 Å². The average molecular weight is 259 g/mol. The van der Waals surface area contributed by atoms with E-state index in [9.17, 15) is 8.42 Å². The Balaban J connectivity index is 3.38. The number of halogens is 2. The zero-order valence-corrected chi connectivity index (χ0v) is 8.74. The summed E-state index contributed by atoms with van der Waals surface area (Å²) in [7, 11) is 3.11. The van der Waals surface area contributed by atoms with Crippen LogP contribution in [0.25, 0.3) is 0 Å². The molecule has 62 valence electrons. The van der Waals surface area contributed by atoms with Crippen LogP contribution in [0.4, 0.5) is 0 Å². The Morgan fingerprint density at radius 2 is 2.09 bits per heavy atom. The average Bonchev–Trinajstić information content (AvgIpc) is 2.11. The molecule has 0 aliphatic heterocycles. The Bertz CT molecular complexity index is 370. The van der Waals surface area contributed by atoms with Crippen molar-refractivity contribution in [1.82, 2.24) is 4.57 Å². The van der Waals surface area contributed by atoms with E-state index in [2.05, 4.69) is 15.9 Å². The van der Waals surface area contributed by atoms with Crippen LogP contribution in [0.5, 0.6) is 0 Å². The topological polar surface area (TPSA) is 39.1 Å².